The number of benzene rings is 1. The third-order valence-corrected chi connectivity index (χ3v) is 4.26. The van der Waals surface area contributed by atoms with Crippen LogP contribution in [0.2, 0.25) is 0 Å². The first-order valence-corrected chi connectivity index (χ1v) is 7.68. The maximum atomic E-state index is 12.9. The summed E-state index contributed by atoms with van der Waals surface area (Å²) in [6.45, 7) is 0.309. The lowest BCUT2D eigenvalue weighted by Gasteiger charge is -2.33. The number of aromatic nitrogens is 2. The van der Waals surface area contributed by atoms with Crippen LogP contribution in [-0.2, 0) is 22.5 Å². The number of fused-ring (bicyclic) bond motifs is 1. The average Bonchev–Trinajstić information content (AvgIpc) is 3.06. The van der Waals surface area contributed by atoms with Crippen molar-refractivity contribution < 1.29 is 14.3 Å². The Kier molecular flexibility index (Phi) is 4.24. The molecule has 1 unspecified atom stereocenters. The fraction of sp³-hybridized carbons (Fsp3) is 0.353. The normalized spacial score (nSPS) is 16.5. The molecule has 1 aliphatic rings. The Labute approximate surface area is 140 Å². The summed E-state index contributed by atoms with van der Waals surface area (Å²) in [7, 11) is 5.21. The van der Waals surface area contributed by atoms with Crippen molar-refractivity contribution in [2.45, 2.75) is 19.0 Å². The molecule has 1 N–H and O–H groups in total. The van der Waals surface area contributed by atoms with Gasteiger partial charge in [0.25, 0.3) is 5.91 Å². The van der Waals surface area contributed by atoms with Gasteiger partial charge in [-0.2, -0.15) is 0 Å². The first-order valence-electron chi connectivity index (χ1n) is 7.68. The number of hydrogen-bond acceptors (Lipinski definition) is 5. The van der Waals surface area contributed by atoms with Crippen molar-refractivity contribution in [3.05, 3.63) is 47.5 Å². The van der Waals surface area contributed by atoms with E-state index in [0.717, 1.165) is 17.1 Å². The first kappa shape index (κ1) is 16.0. The van der Waals surface area contributed by atoms with Crippen molar-refractivity contribution in [3.8, 4) is 0 Å². The molecule has 0 aliphatic carbocycles. The lowest BCUT2D eigenvalue weighted by atomic mass is 10.0. The van der Waals surface area contributed by atoms with Gasteiger partial charge in [-0.1, -0.05) is 0 Å². The molecular formula is C17H20N4O3. The van der Waals surface area contributed by atoms with Gasteiger partial charge in [0, 0.05) is 31.8 Å². The Morgan fingerprint density at radius 2 is 2.00 bits per heavy atom. The Morgan fingerprint density at radius 1 is 1.29 bits per heavy atom. The summed E-state index contributed by atoms with van der Waals surface area (Å²) in [5.74, 6) is -0.627. The summed E-state index contributed by atoms with van der Waals surface area (Å²) >= 11 is 0. The Hall–Kier alpha value is -2.83. The van der Waals surface area contributed by atoms with Crippen LogP contribution in [0.1, 0.15) is 21.7 Å². The van der Waals surface area contributed by atoms with Crippen LogP contribution < -0.4 is 4.90 Å². The summed E-state index contributed by atoms with van der Waals surface area (Å²) in [4.78, 5) is 35.8. The monoisotopic (exact) mass is 328 g/mol. The Bertz CT molecular complexity index is 751. The van der Waals surface area contributed by atoms with Crippen LogP contribution >= 0.6 is 0 Å². The summed E-state index contributed by atoms with van der Waals surface area (Å²) in [6.07, 6.45) is 1.94. The van der Waals surface area contributed by atoms with E-state index in [4.69, 9.17) is 4.74 Å². The van der Waals surface area contributed by atoms with Crippen molar-refractivity contribution in [2.75, 3.05) is 26.1 Å². The van der Waals surface area contributed by atoms with Gasteiger partial charge in [-0.05, 0) is 24.3 Å². The lowest BCUT2D eigenvalue weighted by Crippen LogP contribution is -2.49. The molecule has 0 radical (unpaired) electrons. The van der Waals surface area contributed by atoms with E-state index >= 15 is 0 Å². The molecule has 2 heterocycles. The van der Waals surface area contributed by atoms with Gasteiger partial charge in [-0.15, -0.1) is 0 Å². The number of ether oxygens (including phenoxy) is 1. The molecule has 1 aromatic carbocycles. The van der Waals surface area contributed by atoms with Crippen LogP contribution in [0.4, 0.5) is 5.69 Å². The zero-order chi connectivity index (χ0) is 17.3. The molecule has 1 aromatic heterocycles. The molecule has 7 nitrogen and oxygen atoms in total. The highest BCUT2D eigenvalue weighted by molar-refractivity contribution is 5.97. The second-order valence-corrected chi connectivity index (χ2v) is 5.95. The third kappa shape index (κ3) is 2.84. The van der Waals surface area contributed by atoms with E-state index in [-0.39, 0.29) is 5.91 Å². The number of amides is 1. The molecule has 0 saturated heterocycles. The number of rotatable bonds is 3. The van der Waals surface area contributed by atoms with E-state index in [9.17, 15) is 9.59 Å². The van der Waals surface area contributed by atoms with Crippen molar-refractivity contribution in [3.63, 3.8) is 0 Å². The van der Waals surface area contributed by atoms with Crippen molar-refractivity contribution in [2.24, 2.45) is 0 Å². The number of nitrogens with one attached hydrogen (secondary N) is 1. The maximum absolute atomic E-state index is 12.9. The highest BCUT2D eigenvalue weighted by Crippen LogP contribution is 2.24. The van der Waals surface area contributed by atoms with Crippen LogP contribution in [0.3, 0.4) is 0 Å². The average molecular weight is 328 g/mol. The fourth-order valence-corrected chi connectivity index (χ4v) is 2.86. The summed E-state index contributed by atoms with van der Waals surface area (Å²) in [5, 5.41) is 0. The van der Waals surface area contributed by atoms with Gasteiger partial charge in [-0.3, -0.25) is 4.79 Å². The van der Waals surface area contributed by atoms with Gasteiger partial charge >= 0.3 is 5.97 Å². The first-order chi connectivity index (χ1) is 11.5. The van der Waals surface area contributed by atoms with E-state index in [1.54, 1.807) is 18.5 Å². The molecular weight excluding hydrogens is 308 g/mol. The van der Waals surface area contributed by atoms with E-state index in [2.05, 4.69) is 9.97 Å². The summed E-state index contributed by atoms with van der Waals surface area (Å²) in [5.41, 5.74) is 3.20. The number of aromatic amines is 1. The van der Waals surface area contributed by atoms with Crippen LogP contribution in [0.25, 0.3) is 0 Å². The van der Waals surface area contributed by atoms with Crippen LogP contribution in [-0.4, -0.2) is 54.0 Å². The number of methoxy groups -OCH3 is 1. The topological polar surface area (TPSA) is 78.5 Å². The second-order valence-electron chi connectivity index (χ2n) is 5.95. The van der Waals surface area contributed by atoms with Gasteiger partial charge in [0.05, 0.1) is 31.4 Å². The minimum Gasteiger partial charge on any atom is -0.467 e. The molecule has 24 heavy (non-hydrogen) atoms. The lowest BCUT2D eigenvalue weighted by molar-refractivity contribution is -0.146. The van der Waals surface area contributed by atoms with Crippen LogP contribution in [0, 0.1) is 0 Å². The minimum absolute atomic E-state index is 0.198. The van der Waals surface area contributed by atoms with Gasteiger partial charge in [0.1, 0.15) is 6.04 Å². The highest BCUT2D eigenvalue weighted by Gasteiger charge is 2.37. The number of carbonyl (C=O) groups excluding carboxylic acids is 2. The maximum Gasteiger partial charge on any atom is 0.329 e. The van der Waals surface area contributed by atoms with E-state index in [1.807, 2.05) is 31.1 Å². The number of anilines is 1. The molecule has 2 aromatic rings. The van der Waals surface area contributed by atoms with Gasteiger partial charge in [0.2, 0.25) is 0 Å². The molecule has 0 spiro atoms. The van der Waals surface area contributed by atoms with Gasteiger partial charge < -0.3 is 19.5 Å². The molecule has 126 valence electrons. The number of carbonyl (C=O) groups is 2. The number of imidazole rings is 1. The number of nitrogens with zero attached hydrogens (tertiary/aromatic N) is 3. The Balaban J connectivity index is 1.89. The van der Waals surface area contributed by atoms with E-state index < -0.39 is 12.0 Å². The highest BCUT2D eigenvalue weighted by atomic mass is 16.5. The molecule has 1 aliphatic heterocycles. The minimum atomic E-state index is -0.660. The van der Waals surface area contributed by atoms with E-state index in [0.29, 0.717) is 18.5 Å². The fourth-order valence-electron chi connectivity index (χ4n) is 2.86. The number of hydrogen-bond donors (Lipinski definition) is 1. The summed E-state index contributed by atoms with van der Waals surface area (Å²) < 4.78 is 4.87. The van der Waals surface area contributed by atoms with Gasteiger partial charge in [-0.25, -0.2) is 9.78 Å². The number of H-pyrrole nitrogens is 1. The van der Waals surface area contributed by atoms with Crippen LogP contribution in [0.15, 0.2) is 30.6 Å². The second kappa shape index (κ2) is 6.35. The zero-order valence-corrected chi connectivity index (χ0v) is 13.9. The zero-order valence-electron chi connectivity index (χ0n) is 13.9. The molecule has 1 atom stereocenters. The third-order valence-electron chi connectivity index (χ3n) is 4.26. The smallest absolute Gasteiger partial charge is 0.329 e. The molecule has 0 fully saturated rings. The van der Waals surface area contributed by atoms with Crippen molar-refractivity contribution in [1.82, 2.24) is 14.9 Å². The van der Waals surface area contributed by atoms with Crippen molar-refractivity contribution >= 4 is 17.6 Å². The quantitative estimate of drug-likeness (QED) is 0.857. The SMILES string of the molecule is COC(=O)C1Cc2nc[nH]c2CN1C(=O)c1ccc(N(C)C)cc1. The van der Waals surface area contributed by atoms with E-state index in [1.165, 1.54) is 12.0 Å². The Morgan fingerprint density at radius 3 is 2.62 bits per heavy atom. The summed E-state index contributed by atoms with van der Waals surface area (Å²) in [6, 6.07) is 6.65. The predicted octanol–water partition coefficient (Wildman–Crippen LogP) is 1.22. The van der Waals surface area contributed by atoms with Crippen molar-refractivity contribution in [1.29, 1.82) is 0 Å². The molecule has 0 saturated carbocycles. The van der Waals surface area contributed by atoms with Crippen LogP contribution in [0.5, 0.6) is 0 Å². The molecule has 3 rings (SSSR count). The van der Waals surface area contributed by atoms with Gasteiger partial charge in [0.15, 0.2) is 0 Å². The largest absolute Gasteiger partial charge is 0.467 e. The molecule has 0 bridgehead atoms. The predicted molar refractivity (Wildman–Crippen MR) is 88.7 cm³/mol. The molecule has 1 amide bonds. The molecule has 7 heteroatoms. The standard InChI is InChI=1S/C17H20N4O3/c1-20(2)12-6-4-11(5-7-12)16(22)21-9-14-13(18-10-19-14)8-15(21)17(23)24-3/h4-7,10,15H,8-9H2,1-3H3,(H,18,19). The number of esters is 1.